The molecule has 18 heavy (non-hydrogen) atoms. The molecule has 98 valence electrons. The van der Waals surface area contributed by atoms with E-state index in [1.165, 1.54) is 18.5 Å². The van der Waals surface area contributed by atoms with Crippen molar-refractivity contribution in [2.75, 3.05) is 31.1 Å². The first-order valence-electron chi connectivity index (χ1n) is 7.08. The second-order valence-electron chi connectivity index (χ2n) is 5.24. The Morgan fingerprint density at radius 3 is 2.94 bits per heavy atom. The fraction of sp³-hybridized carbons (Fsp3) is 0.600. The summed E-state index contributed by atoms with van der Waals surface area (Å²) in [5, 5.41) is 3.65. The van der Waals surface area contributed by atoms with Gasteiger partial charge in [0.1, 0.15) is 5.75 Å². The number of para-hydroxylation sites is 2. The van der Waals surface area contributed by atoms with Gasteiger partial charge in [-0.15, -0.1) is 0 Å². The van der Waals surface area contributed by atoms with E-state index >= 15 is 0 Å². The van der Waals surface area contributed by atoms with Crippen LogP contribution in [0.5, 0.6) is 5.75 Å². The second kappa shape index (κ2) is 5.19. The molecule has 1 N–H and O–H groups in total. The van der Waals surface area contributed by atoms with Gasteiger partial charge in [0.15, 0.2) is 0 Å². The molecule has 3 heteroatoms. The number of nitrogens with one attached hydrogen (secondary N) is 1. The molecule has 3 rings (SSSR count). The standard InChI is InChI=1S/C15H22N2O/c1-2-18-15-6-4-3-5-14(15)17-10-9-16-13(11-17)12-7-8-12/h3-6,12-13,16H,2,7-11H2,1H3. The van der Waals surface area contributed by atoms with Crippen molar-refractivity contribution in [2.45, 2.75) is 25.8 Å². The van der Waals surface area contributed by atoms with Gasteiger partial charge in [0.05, 0.1) is 12.3 Å². The van der Waals surface area contributed by atoms with Gasteiger partial charge in [-0.05, 0) is 37.8 Å². The monoisotopic (exact) mass is 246 g/mol. The van der Waals surface area contributed by atoms with Gasteiger partial charge in [0.25, 0.3) is 0 Å². The molecular formula is C15H22N2O. The van der Waals surface area contributed by atoms with Crippen LogP contribution < -0.4 is 15.0 Å². The van der Waals surface area contributed by atoms with Crippen molar-refractivity contribution in [2.24, 2.45) is 5.92 Å². The van der Waals surface area contributed by atoms with Crippen molar-refractivity contribution in [1.82, 2.24) is 5.32 Å². The third-order valence-corrected chi connectivity index (χ3v) is 3.90. The molecule has 0 spiro atoms. The average Bonchev–Trinajstić information content (AvgIpc) is 3.24. The molecule has 0 bridgehead atoms. The van der Waals surface area contributed by atoms with Crippen LogP contribution in [0.2, 0.25) is 0 Å². The molecule has 1 aliphatic carbocycles. The zero-order valence-electron chi connectivity index (χ0n) is 11.1. The predicted molar refractivity (Wildman–Crippen MR) is 74.3 cm³/mol. The minimum atomic E-state index is 0.674. The van der Waals surface area contributed by atoms with E-state index in [4.69, 9.17) is 4.74 Å². The summed E-state index contributed by atoms with van der Waals surface area (Å²) >= 11 is 0. The van der Waals surface area contributed by atoms with Gasteiger partial charge in [-0.2, -0.15) is 0 Å². The summed E-state index contributed by atoms with van der Waals surface area (Å²) in [5.41, 5.74) is 1.26. The Hall–Kier alpha value is -1.22. The summed E-state index contributed by atoms with van der Waals surface area (Å²) < 4.78 is 5.74. The molecule has 1 atom stereocenters. The normalized spacial score (nSPS) is 24.1. The van der Waals surface area contributed by atoms with Gasteiger partial charge < -0.3 is 15.0 Å². The number of piperazine rings is 1. The summed E-state index contributed by atoms with van der Waals surface area (Å²) in [6.45, 7) is 6.06. The van der Waals surface area contributed by atoms with Crippen LogP contribution in [0.4, 0.5) is 5.69 Å². The maximum Gasteiger partial charge on any atom is 0.142 e. The minimum absolute atomic E-state index is 0.674. The molecule has 1 aromatic carbocycles. The van der Waals surface area contributed by atoms with E-state index in [9.17, 15) is 0 Å². The Bertz CT molecular complexity index is 403. The molecule has 3 nitrogen and oxygen atoms in total. The molecule has 0 aromatic heterocycles. The molecule has 1 unspecified atom stereocenters. The van der Waals surface area contributed by atoms with Gasteiger partial charge in [0.2, 0.25) is 0 Å². The van der Waals surface area contributed by atoms with E-state index in [0.29, 0.717) is 6.04 Å². The van der Waals surface area contributed by atoms with Crippen LogP contribution in [0.3, 0.4) is 0 Å². The van der Waals surface area contributed by atoms with E-state index in [0.717, 1.165) is 37.9 Å². The van der Waals surface area contributed by atoms with Crippen LogP contribution >= 0.6 is 0 Å². The quantitative estimate of drug-likeness (QED) is 0.882. The van der Waals surface area contributed by atoms with Crippen molar-refractivity contribution in [3.05, 3.63) is 24.3 Å². The van der Waals surface area contributed by atoms with E-state index < -0.39 is 0 Å². The van der Waals surface area contributed by atoms with Gasteiger partial charge >= 0.3 is 0 Å². The lowest BCUT2D eigenvalue weighted by Gasteiger charge is -2.36. The number of hydrogen-bond donors (Lipinski definition) is 1. The maximum absolute atomic E-state index is 5.74. The molecule has 1 heterocycles. The van der Waals surface area contributed by atoms with E-state index in [2.05, 4.69) is 34.5 Å². The molecule has 1 saturated heterocycles. The van der Waals surface area contributed by atoms with E-state index in [1.807, 2.05) is 6.92 Å². The van der Waals surface area contributed by atoms with E-state index in [1.54, 1.807) is 0 Å². The minimum Gasteiger partial charge on any atom is -0.492 e. The summed E-state index contributed by atoms with van der Waals surface area (Å²) in [6, 6.07) is 9.09. The average molecular weight is 246 g/mol. The zero-order chi connectivity index (χ0) is 12.4. The van der Waals surface area contributed by atoms with Crippen LogP contribution in [0.25, 0.3) is 0 Å². The first-order valence-corrected chi connectivity index (χ1v) is 7.08. The predicted octanol–water partition coefficient (Wildman–Crippen LogP) is 2.27. The SMILES string of the molecule is CCOc1ccccc1N1CCNC(C2CC2)C1. The van der Waals surface area contributed by atoms with E-state index in [-0.39, 0.29) is 0 Å². The van der Waals surface area contributed by atoms with Crippen LogP contribution in [-0.2, 0) is 0 Å². The fourth-order valence-corrected chi connectivity index (χ4v) is 2.81. The number of anilines is 1. The van der Waals surface area contributed by atoms with Gasteiger partial charge in [-0.3, -0.25) is 0 Å². The van der Waals surface area contributed by atoms with Gasteiger partial charge in [-0.1, -0.05) is 12.1 Å². The Morgan fingerprint density at radius 2 is 2.17 bits per heavy atom. The molecule has 1 aromatic rings. The van der Waals surface area contributed by atoms with Crippen molar-refractivity contribution in [1.29, 1.82) is 0 Å². The number of nitrogens with zero attached hydrogens (tertiary/aromatic N) is 1. The Balaban J connectivity index is 1.76. The van der Waals surface area contributed by atoms with Crippen molar-refractivity contribution in [3.8, 4) is 5.75 Å². The van der Waals surface area contributed by atoms with Crippen molar-refractivity contribution < 1.29 is 4.74 Å². The molecular weight excluding hydrogens is 224 g/mol. The van der Waals surface area contributed by atoms with Crippen molar-refractivity contribution >= 4 is 5.69 Å². The molecule has 2 aliphatic rings. The number of hydrogen-bond acceptors (Lipinski definition) is 3. The summed E-state index contributed by atoms with van der Waals surface area (Å²) in [5.74, 6) is 1.93. The van der Waals surface area contributed by atoms with Gasteiger partial charge in [0, 0.05) is 25.7 Å². The fourth-order valence-electron chi connectivity index (χ4n) is 2.81. The number of benzene rings is 1. The summed E-state index contributed by atoms with van der Waals surface area (Å²) in [7, 11) is 0. The van der Waals surface area contributed by atoms with Gasteiger partial charge in [-0.25, -0.2) is 0 Å². The largest absolute Gasteiger partial charge is 0.492 e. The Kier molecular flexibility index (Phi) is 3.41. The maximum atomic E-state index is 5.74. The highest BCUT2D eigenvalue weighted by Gasteiger charge is 2.34. The van der Waals surface area contributed by atoms with Crippen LogP contribution in [-0.4, -0.2) is 32.3 Å². The highest BCUT2D eigenvalue weighted by Crippen LogP contribution is 2.36. The lowest BCUT2D eigenvalue weighted by Crippen LogP contribution is -2.51. The highest BCUT2D eigenvalue weighted by molar-refractivity contribution is 5.58. The van der Waals surface area contributed by atoms with Crippen LogP contribution in [0.15, 0.2) is 24.3 Å². The number of rotatable bonds is 4. The smallest absolute Gasteiger partial charge is 0.142 e. The first kappa shape index (κ1) is 11.8. The topological polar surface area (TPSA) is 24.5 Å². The second-order valence-corrected chi connectivity index (χ2v) is 5.24. The van der Waals surface area contributed by atoms with Crippen LogP contribution in [0.1, 0.15) is 19.8 Å². The van der Waals surface area contributed by atoms with Crippen LogP contribution in [0, 0.1) is 5.92 Å². The third-order valence-electron chi connectivity index (χ3n) is 3.90. The molecule has 0 amide bonds. The van der Waals surface area contributed by atoms with Crippen molar-refractivity contribution in [3.63, 3.8) is 0 Å². The Labute approximate surface area is 109 Å². The zero-order valence-corrected chi connectivity index (χ0v) is 11.1. The first-order chi connectivity index (χ1) is 8.88. The molecule has 2 fully saturated rings. The molecule has 1 aliphatic heterocycles. The highest BCUT2D eigenvalue weighted by atomic mass is 16.5. The molecule has 0 radical (unpaired) electrons. The Morgan fingerprint density at radius 1 is 1.33 bits per heavy atom. The lowest BCUT2D eigenvalue weighted by molar-refractivity contribution is 0.338. The lowest BCUT2D eigenvalue weighted by atomic mass is 10.1. The third kappa shape index (κ3) is 2.46. The molecule has 1 saturated carbocycles. The summed E-state index contributed by atoms with van der Waals surface area (Å²) in [6.07, 6.45) is 2.80. The summed E-state index contributed by atoms with van der Waals surface area (Å²) in [4.78, 5) is 2.48. The number of ether oxygens (including phenoxy) is 1.